The van der Waals surface area contributed by atoms with Gasteiger partial charge in [-0.25, -0.2) is 0 Å². The molecule has 52 valence electrons. The maximum atomic E-state index is 9.36. The summed E-state index contributed by atoms with van der Waals surface area (Å²) in [6, 6.07) is 0. The van der Waals surface area contributed by atoms with E-state index < -0.39 is 0 Å². The fraction of sp³-hybridized carbons (Fsp3) is 1.00. The number of aliphatic hydroxyl groups excluding tert-OH is 1. The van der Waals surface area contributed by atoms with Crippen molar-refractivity contribution < 1.29 is 5.11 Å². The van der Waals surface area contributed by atoms with Crippen LogP contribution in [0.3, 0.4) is 0 Å². The Balaban J connectivity index is 2.07. The van der Waals surface area contributed by atoms with E-state index in [0.717, 1.165) is 25.4 Å². The van der Waals surface area contributed by atoms with Crippen LogP contribution in [0.5, 0.6) is 0 Å². The molecule has 9 heavy (non-hydrogen) atoms. The number of hydrogen-bond donors (Lipinski definition) is 2. The highest BCUT2D eigenvalue weighted by Gasteiger charge is 2.37. The fourth-order valence-corrected chi connectivity index (χ4v) is 2.12. The van der Waals surface area contributed by atoms with Crippen molar-refractivity contribution >= 4 is 0 Å². The lowest BCUT2D eigenvalue weighted by molar-refractivity contribution is 0.133. The van der Waals surface area contributed by atoms with Gasteiger partial charge in [0.1, 0.15) is 0 Å². The minimum Gasteiger partial charge on any atom is -0.393 e. The van der Waals surface area contributed by atoms with E-state index in [2.05, 4.69) is 5.32 Å². The Labute approximate surface area is 55.3 Å². The lowest BCUT2D eigenvalue weighted by Gasteiger charge is -2.09. The first-order valence-corrected chi connectivity index (χ1v) is 3.76. The summed E-state index contributed by atoms with van der Waals surface area (Å²) in [5.41, 5.74) is 0. The standard InChI is InChI=1S/C7H13NO/c9-7-2-1-5-3-8-4-6(5)7/h5-9H,1-4H2/t5-,6+,7?/m0/s1. The molecular formula is C7H13NO. The van der Waals surface area contributed by atoms with Gasteiger partial charge in [0, 0.05) is 12.5 Å². The fourth-order valence-electron chi connectivity index (χ4n) is 2.12. The van der Waals surface area contributed by atoms with E-state index in [1.54, 1.807) is 0 Å². The Morgan fingerprint density at radius 3 is 2.89 bits per heavy atom. The normalized spacial score (nSPS) is 49.7. The highest BCUT2D eigenvalue weighted by atomic mass is 16.3. The quantitative estimate of drug-likeness (QED) is 0.479. The maximum absolute atomic E-state index is 9.36. The molecule has 2 N–H and O–H groups in total. The molecule has 0 spiro atoms. The average Bonchev–Trinajstić information content (AvgIpc) is 2.35. The lowest BCUT2D eigenvalue weighted by Crippen LogP contribution is -2.19. The molecular weight excluding hydrogens is 114 g/mol. The van der Waals surface area contributed by atoms with Gasteiger partial charge in [0.2, 0.25) is 0 Å². The van der Waals surface area contributed by atoms with E-state index in [0.29, 0.717) is 5.92 Å². The van der Waals surface area contributed by atoms with E-state index >= 15 is 0 Å². The second kappa shape index (κ2) is 1.96. The van der Waals surface area contributed by atoms with Crippen LogP contribution < -0.4 is 5.32 Å². The Morgan fingerprint density at radius 1 is 1.22 bits per heavy atom. The summed E-state index contributed by atoms with van der Waals surface area (Å²) in [6.07, 6.45) is 2.28. The summed E-state index contributed by atoms with van der Waals surface area (Å²) in [6.45, 7) is 2.19. The summed E-state index contributed by atoms with van der Waals surface area (Å²) < 4.78 is 0. The minimum absolute atomic E-state index is 0.00463. The van der Waals surface area contributed by atoms with Crippen molar-refractivity contribution in [1.82, 2.24) is 5.32 Å². The third kappa shape index (κ3) is 0.775. The van der Waals surface area contributed by atoms with Crippen LogP contribution in [0.2, 0.25) is 0 Å². The second-order valence-electron chi connectivity index (χ2n) is 3.23. The van der Waals surface area contributed by atoms with E-state index in [9.17, 15) is 5.11 Å². The van der Waals surface area contributed by atoms with Gasteiger partial charge in [0.15, 0.2) is 0 Å². The van der Waals surface area contributed by atoms with Gasteiger partial charge in [-0.1, -0.05) is 0 Å². The lowest BCUT2D eigenvalue weighted by atomic mass is 10.00. The van der Waals surface area contributed by atoms with Crippen molar-refractivity contribution in [2.75, 3.05) is 13.1 Å². The summed E-state index contributed by atoms with van der Waals surface area (Å²) >= 11 is 0. The van der Waals surface area contributed by atoms with Gasteiger partial charge in [-0.15, -0.1) is 0 Å². The van der Waals surface area contributed by atoms with Crippen molar-refractivity contribution in [2.45, 2.75) is 18.9 Å². The highest BCUT2D eigenvalue weighted by molar-refractivity contribution is 4.91. The van der Waals surface area contributed by atoms with Crippen molar-refractivity contribution in [3.63, 3.8) is 0 Å². The van der Waals surface area contributed by atoms with Gasteiger partial charge in [0.25, 0.3) is 0 Å². The zero-order valence-corrected chi connectivity index (χ0v) is 5.51. The monoisotopic (exact) mass is 127 g/mol. The molecule has 2 fully saturated rings. The summed E-state index contributed by atoms with van der Waals surface area (Å²) in [5, 5.41) is 12.7. The highest BCUT2D eigenvalue weighted by Crippen LogP contribution is 2.33. The zero-order chi connectivity index (χ0) is 6.27. The van der Waals surface area contributed by atoms with Crippen LogP contribution in [-0.2, 0) is 0 Å². The van der Waals surface area contributed by atoms with Crippen LogP contribution in [-0.4, -0.2) is 24.3 Å². The van der Waals surface area contributed by atoms with Crippen molar-refractivity contribution in [1.29, 1.82) is 0 Å². The van der Waals surface area contributed by atoms with Crippen LogP contribution in [0.25, 0.3) is 0 Å². The topological polar surface area (TPSA) is 32.3 Å². The third-order valence-corrected chi connectivity index (χ3v) is 2.72. The van der Waals surface area contributed by atoms with Crippen LogP contribution in [0.15, 0.2) is 0 Å². The van der Waals surface area contributed by atoms with Gasteiger partial charge in [-0.05, 0) is 25.3 Å². The summed E-state index contributed by atoms with van der Waals surface area (Å²) in [4.78, 5) is 0. The number of aliphatic hydroxyl groups is 1. The number of rotatable bonds is 0. The maximum Gasteiger partial charge on any atom is 0.0583 e. The van der Waals surface area contributed by atoms with E-state index in [1.807, 2.05) is 0 Å². The predicted molar refractivity (Wildman–Crippen MR) is 35.1 cm³/mol. The first-order chi connectivity index (χ1) is 4.38. The Bertz CT molecular complexity index is 115. The molecule has 2 aliphatic rings. The number of hydrogen-bond acceptors (Lipinski definition) is 2. The minimum atomic E-state index is 0.00463. The van der Waals surface area contributed by atoms with Crippen molar-refractivity contribution in [2.24, 2.45) is 11.8 Å². The van der Waals surface area contributed by atoms with Gasteiger partial charge in [-0.3, -0.25) is 0 Å². The molecule has 1 aliphatic carbocycles. The molecule has 0 bridgehead atoms. The van der Waals surface area contributed by atoms with Gasteiger partial charge >= 0.3 is 0 Å². The SMILES string of the molecule is OC1CC[C@H]2CNC[C@@H]12. The molecule has 0 aromatic carbocycles. The molecule has 0 amide bonds. The molecule has 3 atom stereocenters. The second-order valence-corrected chi connectivity index (χ2v) is 3.23. The van der Waals surface area contributed by atoms with E-state index in [4.69, 9.17) is 0 Å². The Morgan fingerprint density at radius 2 is 2.11 bits per heavy atom. The van der Waals surface area contributed by atoms with Crippen LogP contribution in [0, 0.1) is 11.8 Å². The molecule has 0 radical (unpaired) electrons. The third-order valence-electron chi connectivity index (χ3n) is 2.72. The first-order valence-electron chi connectivity index (χ1n) is 3.76. The molecule has 1 unspecified atom stereocenters. The molecule has 0 aromatic rings. The molecule has 2 nitrogen and oxygen atoms in total. The van der Waals surface area contributed by atoms with Gasteiger partial charge in [-0.2, -0.15) is 0 Å². The number of nitrogens with one attached hydrogen (secondary N) is 1. The molecule has 2 heteroatoms. The molecule has 1 saturated carbocycles. The molecule has 1 heterocycles. The number of fused-ring (bicyclic) bond motifs is 1. The summed E-state index contributed by atoms with van der Waals surface area (Å²) in [5.74, 6) is 1.38. The average molecular weight is 127 g/mol. The van der Waals surface area contributed by atoms with Gasteiger partial charge < -0.3 is 10.4 Å². The van der Waals surface area contributed by atoms with E-state index in [-0.39, 0.29) is 6.10 Å². The Hall–Kier alpha value is -0.0800. The molecule has 1 aliphatic heterocycles. The van der Waals surface area contributed by atoms with E-state index in [1.165, 1.54) is 6.42 Å². The van der Waals surface area contributed by atoms with Crippen molar-refractivity contribution in [3.05, 3.63) is 0 Å². The van der Waals surface area contributed by atoms with Crippen LogP contribution >= 0.6 is 0 Å². The molecule has 2 rings (SSSR count). The predicted octanol–water partition coefficient (Wildman–Crippen LogP) is -0.0233. The molecule has 1 saturated heterocycles. The molecule has 0 aromatic heterocycles. The summed E-state index contributed by atoms with van der Waals surface area (Å²) in [7, 11) is 0. The first kappa shape index (κ1) is 5.69. The zero-order valence-electron chi connectivity index (χ0n) is 5.51. The van der Waals surface area contributed by atoms with Crippen LogP contribution in [0.1, 0.15) is 12.8 Å². The smallest absolute Gasteiger partial charge is 0.0583 e. The Kier molecular flexibility index (Phi) is 1.24. The van der Waals surface area contributed by atoms with Gasteiger partial charge in [0.05, 0.1) is 6.10 Å². The van der Waals surface area contributed by atoms with Crippen LogP contribution in [0.4, 0.5) is 0 Å². The van der Waals surface area contributed by atoms with Crippen molar-refractivity contribution in [3.8, 4) is 0 Å². The largest absolute Gasteiger partial charge is 0.393 e.